The van der Waals surface area contributed by atoms with E-state index in [4.69, 9.17) is 16.2 Å². The highest BCUT2D eigenvalue weighted by Crippen LogP contribution is 2.37. The summed E-state index contributed by atoms with van der Waals surface area (Å²) in [7, 11) is 1.26. The largest absolute Gasteiger partial charge is 0.465 e. The molecule has 3 aromatic rings. The van der Waals surface area contributed by atoms with Crippen molar-refractivity contribution < 1.29 is 14.3 Å². The van der Waals surface area contributed by atoms with E-state index in [1.54, 1.807) is 31.2 Å². The number of carbonyl (C=O) groups is 2. The number of benzene rings is 1. The predicted octanol–water partition coefficient (Wildman–Crippen LogP) is 2.68. The summed E-state index contributed by atoms with van der Waals surface area (Å²) >= 11 is 1.07. The minimum Gasteiger partial charge on any atom is -0.465 e. The first-order valence-corrected chi connectivity index (χ1v) is 8.57. The van der Waals surface area contributed by atoms with Gasteiger partial charge in [-0.3, -0.25) is 4.79 Å². The minimum absolute atomic E-state index is 0.0896. The molecular weight excluding hydrogens is 366 g/mol. The number of carbonyl (C=O) groups excluding carboxylic acids is 2. The first-order valence-electron chi connectivity index (χ1n) is 7.75. The molecule has 1 aromatic carbocycles. The molecule has 9 heteroatoms. The molecule has 8 nitrogen and oxygen atoms in total. The number of ether oxygens (including phenoxy) is 1. The Kier molecular flexibility index (Phi) is 4.66. The molecule has 0 aliphatic carbocycles. The molecule has 136 valence electrons. The third-order valence-electron chi connectivity index (χ3n) is 4.05. The number of nitrogens with zero attached hydrogens (tertiary/aromatic N) is 2. The number of amides is 1. The zero-order chi connectivity index (χ0) is 19.7. The topological polar surface area (TPSA) is 144 Å². The fourth-order valence-electron chi connectivity index (χ4n) is 2.72. The van der Waals surface area contributed by atoms with Crippen LogP contribution in [0.3, 0.4) is 0 Å². The van der Waals surface area contributed by atoms with Crippen LogP contribution in [0.1, 0.15) is 31.2 Å². The number of thiophene rings is 1. The van der Waals surface area contributed by atoms with Crippen LogP contribution >= 0.6 is 11.3 Å². The smallest absolute Gasteiger partial charge is 0.339 e. The molecule has 1 amide bonds. The molecule has 2 aromatic heterocycles. The molecule has 0 aliphatic rings. The maximum Gasteiger partial charge on any atom is 0.339 e. The van der Waals surface area contributed by atoms with Gasteiger partial charge in [-0.05, 0) is 24.6 Å². The minimum atomic E-state index is -0.570. The quantitative estimate of drug-likeness (QED) is 0.591. The Morgan fingerprint density at radius 1 is 1.30 bits per heavy atom. The van der Waals surface area contributed by atoms with Crippen LogP contribution in [0.4, 0.5) is 17.2 Å². The van der Waals surface area contributed by atoms with Crippen molar-refractivity contribution in [3.05, 3.63) is 45.8 Å². The molecule has 0 radical (unpaired) electrons. The standard InChI is InChI=1S/C18H15N5O3S/c1-8-10(7-19)15(21)23-17-12(8)13(20)14(27-17)16(24)22-11-6-4-3-5-9(11)18(25)26-2/h3-6H,20H2,1-2H3,(H2,21,23)(H,22,24). The summed E-state index contributed by atoms with van der Waals surface area (Å²) in [6.45, 7) is 1.70. The number of fused-ring (bicyclic) bond motifs is 1. The maximum atomic E-state index is 12.8. The van der Waals surface area contributed by atoms with Gasteiger partial charge in [0.15, 0.2) is 0 Å². The first-order chi connectivity index (χ1) is 12.9. The molecule has 3 rings (SSSR count). The zero-order valence-electron chi connectivity index (χ0n) is 14.5. The second-order valence-electron chi connectivity index (χ2n) is 5.63. The summed E-state index contributed by atoms with van der Waals surface area (Å²) in [6, 6.07) is 8.47. The number of esters is 1. The van der Waals surface area contributed by atoms with Gasteiger partial charge in [0.05, 0.1) is 29.6 Å². The number of methoxy groups -OCH3 is 1. The summed E-state index contributed by atoms with van der Waals surface area (Å²) in [5.74, 6) is -0.978. The first kappa shape index (κ1) is 18.2. The second-order valence-corrected chi connectivity index (χ2v) is 6.62. The van der Waals surface area contributed by atoms with Crippen LogP contribution < -0.4 is 16.8 Å². The van der Waals surface area contributed by atoms with E-state index in [-0.39, 0.29) is 27.5 Å². The van der Waals surface area contributed by atoms with Crippen molar-refractivity contribution in [1.82, 2.24) is 4.98 Å². The van der Waals surface area contributed by atoms with Crippen LogP contribution in [-0.4, -0.2) is 24.0 Å². The van der Waals surface area contributed by atoms with Gasteiger partial charge < -0.3 is 21.5 Å². The number of aryl methyl sites for hydroxylation is 1. The van der Waals surface area contributed by atoms with Crippen LogP contribution in [0.2, 0.25) is 0 Å². The number of nitrogens with one attached hydrogen (secondary N) is 1. The number of hydrogen-bond acceptors (Lipinski definition) is 8. The highest BCUT2D eigenvalue weighted by atomic mass is 32.1. The number of hydrogen-bond donors (Lipinski definition) is 3. The zero-order valence-corrected chi connectivity index (χ0v) is 15.3. The number of nitriles is 1. The van der Waals surface area contributed by atoms with Crippen molar-refractivity contribution in [1.29, 1.82) is 5.26 Å². The van der Waals surface area contributed by atoms with E-state index in [0.29, 0.717) is 21.5 Å². The van der Waals surface area contributed by atoms with Crippen LogP contribution in [0.25, 0.3) is 10.2 Å². The fourth-order valence-corrected chi connectivity index (χ4v) is 3.78. The van der Waals surface area contributed by atoms with E-state index >= 15 is 0 Å². The Bertz CT molecular complexity index is 1130. The lowest BCUT2D eigenvalue weighted by atomic mass is 10.1. The summed E-state index contributed by atoms with van der Waals surface area (Å²) in [5.41, 5.74) is 13.5. The number of pyridine rings is 1. The van der Waals surface area contributed by atoms with E-state index in [9.17, 15) is 14.9 Å². The Hall–Kier alpha value is -3.64. The van der Waals surface area contributed by atoms with Gasteiger partial charge in [-0.25, -0.2) is 9.78 Å². The Balaban J connectivity index is 2.06. The highest BCUT2D eigenvalue weighted by Gasteiger charge is 2.23. The van der Waals surface area contributed by atoms with E-state index in [0.717, 1.165) is 11.3 Å². The molecule has 27 heavy (non-hydrogen) atoms. The molecule has 0 saturated carbocycles. The van der Waals surface area contributed by atoms with E-state index < -0.39 is 11.9 Å². The van der Waals surface area contributed by atoms with E-state index in [2.05, 4.69) is 10.3 Å². The van der Waals surface area contributed by atoms with Crippen molar-refractivity contribution in [2.45, 2.75) is 6.92 Å². The number of para-hydroxylation sites is 1. The Labute approximate surface area is 158 Å². The second kappa shape index (κ2) is 6.93. The third kappa shape index (κ3) is 3.02. The van der Waals surface area contributed by atoms with Gasteiger partial charge in [0, 0.05) is 5.39 Å². The van der Waals surface area contributed by atoms with Gasteiger partial charge in [0.2, 0.25) is 0 Å². The maximum absolute atomic E-state index is 12.8. The molecule has 0 saturated heterocycles. The number of nitrogens with two attached hydrogens (primary N) is 2. The van der Waals surface area contributed by atoms with Crippen molar-refractivity contribution in [2.75, 3.05) is 23.9 Å². The Morgan fingerprint density at radius 3 is 2.67 bits per heavy atom. The molecule has 0 unspecified atom stereocenters. The lowest BCUT2D eigenvalue weighted by molar-refractivity contribution is 0.0602. The van der Waals surface area contributed by atoms with Gasteiger partial charge in [-0.15, -0.1) is 11.3 Å². The van der Waals surface area contributed by atoms with Crippen LogP contribution in [-0.2, 0) is 4.74 Å². The van der Waals surface area contributed by atoms with Crippen molar-refractivity contribution in [2.24, 2.45) is 0 Å². The van der Waals surface area contributed by atoms with Gasteiger partial charge in [-0.2, -0.15) is 5.26 Å². The number of anilines is 3. The van der Waals surface area contributed by atoms with Gasteiger partial charge in [-0.1, -0.05) is 12.1 Å². The molecule has 0 spiro atoms. The number of rotatable bonds is 3. The molecular formula is C18H15N5O3S. The number of aromatic nitrogens is 1. The van der Waals surface area contributed by atoms with Gasteiger partial charge in [0.25, 0.3) is 5.91 Å². The highest BCUT2D eigenvalue weighted by molar-refractivity contribution is 7.21. The average Bonchev–Trinajstić information content (AvgIpc) is 2.98. The fraction of sp³-hybridized carbons (Fsp3) is 0.111. The third-order valence-corrected chi connectivity index (χ3v) is 5.15. The van der Waals surface area contributed by atoms with E-state index in [1.807, 2.05) is 6.07 Å². The summed E-state index contributed by atoms with van der Waals surface area (Å²) in [6.07, 6.45) is 0. The lowest BCUT2D eigenvalue weighted by Crippen LogP contribution is -2.15. The monoisotopic (exact) mass is 381 g/mol. The molecule has 2 heterocycles. The Morgan fingerprint density at radius 2 is 2.00 bits per heavy atom. The van der Waals surface area contributed by atoms with Gasteiger partial charge in [0.1, 0.15) is 21.6 Å². The van der Waals surface area contributed by atoms with Crippen LogP contribution in [0.15, 0.2) is 24.3 Å². The predicted molar refractivity (Wildman–Crippen MR) is 104 cm³/mol. The summed E-state index contributed by atoms with van der Waals surface area (Å²) < 4.78 is 4.72. The van der Waals surface area contributed by atoms with E-state index in [1.165, 1.54) is 7.11 Å². The van der Waals surface area contributed by atoms with Crippen molar-refractivity contribution in [3.63, 3.8) is 0 Å². The normalized spacial score (nSPS) is 10.4. The average molecular weight is 381 g/mol. The molecule has 0 atom stereocenters. The van der Waals surface area contributed by atoms with Gasteiger partial charge >= 0.3 is 5.97 Å². The molecule has 0 fully saturated rings. The molecule has 0 bridgehead atoms. The van der Waals surface area contributed by atoms with Crippen molar-refractivity contribution >= 4 is 50.6 Å². The molecule has 5 N–H and O–H groups in total. The van der Waals surface area contributed by atoms with Crippen molar-refractivity contribution in [3.8, 4) is 6.07 Å². The summed E-state index contributed by atoms with van der Waals surface area (Å²) in [4.78, 5) is 29.5. The molecule has 0 aliphatic heterocycles. The van der Waals surface area contributed by atoms with Crippen LogP contribution in [0, 0.1) is 18.3 Å². The lowest BCUT2D eigenvalue weighted by Gasteiger charge is -2.09. The van der Waals surface area contributed by atoms with Crippen LogP contribution in [0.5, 0.6) is 0 Å². The number of nitrogen functional groups attached to an aromatic ring is 2. The summed E-state index contributed by atoms with van der Waals surface area (Å²) in [5, 5.41) is 12.4. The SMILES string of the molecule is COC(=O)c1ccccc1NC(=O)c1sc2nc(N)c(C#N)c(C)c2c1N.